The molecule has 0 aliphatic heterocycles. The van der Waals surface area contributed by atoms with E-state index in [0.29, 0.717) is 11.3 Å². The fourth-order valence-electron chi connectivity index (χ4n) is 1.76. The number of ether oxygens (including phenoxy) is 2. The number of ketones is 1. The highest BCUT2D eigenvalue weighted by atomic mass is 79.9. The Kier molecular flexibility index (Phi) is 6.11. The third kappa shape index (κ3) is 5.38. The van der Waals surface area contributed by atoms with Crippen molar-refractivity contribution >= 4 is 33.8 Å². The molecule has 0 aliphatic rings. The number of hydrogen-bond donors (Lipinski definition) is 0. The van der Waals surface area contributed by atoms with Crippen LogP contribution in [0.4, 0.5) is 0 Å². The summed E-state index contributed by atoms with van der Waals surface area (Å²) in [5.74, 6) is -0.0566. The minimum absolute atomic E-state index is 0.104. The second-order valence-corrected chi connectivity index (χ2v) is 5.55. The summed E-state index contributed by atoms with van der Waals surface area (Å²) in [5.41, 5.74) is 1.49. The molecule has 0 unspecified atom stereocenters. The minimum Gasteiger partial charge on any atom is -0.482 e. The molecule has 2 rings (SSSR count). The van der Waals surface area contributed by atoms with Crippen LogP contribution in [0.15, 0.2) is 59.1 Å². The molecule has 0 spiro atoms. The van der Waals surface area contributed by atoms with Crippen LogP contribution in [0.1, 0.15) is 15.9 Å². The molecule has 23 heavy (non-hydrogen) atoms. The Morgan fingerprint density at radius 3 is 2.30 bits per heavy atom. The van der Waals surface area contributed by atoms with Gasteiger partial charge in [-0.3, -0.25) is 4.79 Å². The molecule has 0 saturated carbocycles. The second-order valence-electron chi connectivity index (χ2n) is 4.64. The fraction of sp³-hybridized carbons (Fsp3) is 0.111. The first-order valence-corrected chi connectivity index (χ1v) is 7.65. The van der Waals surface area contributed by atoms with Crippen LogP contribution in [0.5, 0.6) is 5.75 Å². The first-order valence-electron chi connectivity index (χ1n) is 6.86. The Labute approximate surface area is 142 Å². The molecule has 0 radical (unpaired) electrons. The van der Waals surface area contributed by atoms with Gasteiger partial charge in [0.2, 0.25) is 0 Å². The molecule has 0 atom stereocenters. The number of allylic oxidation sites excluding steroid dienone is 1. The lowest BCUT2D eigenvalue weighted by atomic mass is 10.1. The lowest BCUT2D eigenvalue weighted by molar-refractivity contribution is -0.142. The molecule has 0 aromatic heterocycles. The molecule has 2 aromatic carbocycles. The van der Waals surface area contributed by atoms with Gasteiger partial charge in [0.05, 0.1) is 7.11 Å². The highest BCUT2D eigenvalue weighted by Crippen LogP contribution is 2.15. The van der Waals surface area contributed by atoms with Crippen LogP contribution in [0.2, 0.25) is 0 Å². The zero-order chi connectivity index (χ0) is 16.7. The van der Waals surface area contributed by atoms with Crippen LogP contribution < -0.4 is 4.74 Å². The molecule has 0 fully saturated rings. The Balaban J connectivity index is 1.97. The molecule has 0 bridgehead atoms. The van der Waals surface area contributed by atoms with Crippen LogP contribution in [0.3, 0.4) is 0 Å². The SMILES string of the molecule is COC(=O)COc1ccc(C(=O)/C=C/c2ccc(Br)cc2)cc1. The molecule has 0 amide bonds. The first-order chi connectivity index (χ1) is 11.1. The van der Waals surface area contributed by atoms with E-state index in [9.17, 15) is 9.59 Å². The number of rotatable bonds is 6. The van der Waals surface area contributed by atoms with Gasteiger partial charge in [-0.1, -0.05) is 34.1 Å². The Bertz CT molecular complexity index is 703. The van der Waals surface area contributed by atoms with Gasteiger partial charge in [0.15, 0.2) is 12.4 Å². The predicted molar refractivity (Wildman–Crippen MR) is 91.5 cm³/mol. The number of esters is 1. The molecule has 4 nitrogen and oxygen atoms in total. The molecular weight excluding hydrogens is 360 g/mol. The molecule has 0 N–H and O–H groups in total. The maximum absolute atomic E-state index is 12.1. The van der Waals surface area contributed by atoms with E-state index in [1.54, 1.807) is 30.3 Å². The molecule has 0 saturated heterocycles. The summed E-state index contributed by atoms with van der Waals surface area (Å²) < 4.78 is 10.7. The van der Waals surface area contributed by atoms with Crippen LogP contribution in [-0.4, -0.2) is 25.5 Å². The van der Waals surface area contributed by atoms with Gasteiger partial charge in [-0.2, -0.15) is 0 Å². The summed E-state index contributed by atoms with van der Waals surface area (Å²) in [6, 6.07) is 14.2. The molecule has 0 heterocycles. The van der Waals surface area contributed by atoms with Crippen molar-refractivity contribution in [2.24, 2.45) is 0 Å². The lowest BCUT2D eigenvalue weighted by Gasteiger charge is -2.04. The van der Waals surface area contributed by atoms with Gasteiger partial charge >= 0.3 is 5.97 Å². The number of methoxy groups -OCH3 is 1. The zero-order valence-corrected chi connectivity index (χ0v) is 14.1. The Morgan fingerprint density at radius 1 is 1.04 bits per heavy atom. The van der Waals surface area contributed by atoms with Gasteiger partial charge in [0, 0.05) is 10.0 Å². The fourth-order valence-corrected chi connectivity index (χ4v) is 2.02. The maximum Gasteiger partial charge on any atom is 0.343 e. The summed E-state index contributed by atoms with van der Waals surface area (Å²) in [6.07, 6.45) is 3.28. The number of hydrogen-bond acceptors (Lipinski definition) is 4. The van der Waals surface area contributed by atoms with E-state index in [1.807, 2.05) is 24.3 Å². The quantitative estimate of drug-likeness (QED) is 0.437. The summed E-state index contributed by atoms with van der Waals surface area (Å²) in [4.78, 5) is 23.1. The molecule has 2 aromatic rings. The lowest BCUT2D eigenvalue weighted by Crippen LogP contribution is -2.12. The Morgan fingerprint density at radius 2 is 1.70 bits per heavy atom. The van der Waals surface area contributed by atoms with E-state index in [1.165, 1.54) is 13.2 Å². The average Bonchev–Trinajstić information content (AvgIpc) is 2.59. The normalized spacial score (nSPS) is 10.5. The summed E-state index contributed by atoms with van der Waals surface area (Å²) in [6.45, 7) is -0.159. The van der Waals surface area contributed by atoms with Crippen molar-refractivity contribution in [3.05, 3.63) is 70.2 Å². The summed E-state index contributed by atoms with van der Waals surface area (Å²) in [7, 11) is 1.30. The van der Waals surface area contributed by atoms with Gasteiger partial charge in [-0.05, 0) is 48.0 Å². The molecular formula is C18H15BrO4. The van der Waals surface area contributed by atoms with Crippen molar-refractivity contribution in [1.29, 1.82) is 0 Å². The number of benzene rings is 2. The van der Waals surface area contributed by atoms with Crippen molar-refractivity contribution in [2.75, 3.05) is 13.7 Å². The highest BCUT2D eigenvalue weighted by Gasteiger charge is 2.04. The van der Waals surface area contributed by atoms with Crippen LogP contribution in [0.25, 0.3) is 6.08 Å². The van der Waals surface area contributed by atoms with E-state index in [2.05, 4.69) is 20.7 Å². The topological polar surface area (TPSA) is 52.6 Å². The van der Waals surface area contributed by atoms with Gasteiger partial charge in [-0.15, -0.1) is 0 Å². The van der Waals surface area contributed by atoms with Crippen LogP contribution >= 0.6 is 15.9 Å². The molecule has 5 heteroatoms. The van der Waals surface area contributed by atoms with E-state index in [0.717, 1.165) is 10.0 Å². The van der Waals surface area contributed by atoms with Gasteiger partial charge < -0.3 is 9.47 Å². The standard InChI is InChI=1S/C18H15BrO4/c1-22-18(21)12-23-16-9-5-14(6-10-16)17(20)11-4-13-2-7-15(19)8-3-13/h2-11H,12H2,1H3/b11-4+. The summed E-state index contributed by atoms with van der Waals surface area (Å²) in [5, 5.41) is 0. The third-order valence-corrected chi connectivity index (χ3v) is 3.55. The number of carbonyl (C=O) groups is 2. The third-order valence-electron chi connectivity index (χ3n) is 3.02. The van der Waals surface area contributed by atoms with Gasteiger partial charge in [0.1, 0.15) is 5.75 Å². The van der Waals surface area contributed by atoms with E-state index < -0.39 is 5.97 Å². The van der Waals surface area contributed by atoms with Crippen molar-refractivity contribution in [2.45, 2.75) is 0 Å². The Hall–Kier alpha value is -2.40. The maximum atomic E-state index is 12.1. The predicted octanol–water partition coefficient (Wildman–Crippen LogP) is 3.90. The summed E-state index contributed by atoms with van der Waals surface area (Å²) >= 11 is 3.36. The van der Waals surface area contributed by atoms with Crippen LogP contribution in [-0.2, 0) is 9.53 Å². The van der Waals surface area contributed by atoms with Gasteiger partial charge in [-0.25, -0.2) is 4.79 Å². The van der Waals surface area contributed by atoms with Crippen molar-refractivity contribution in [1.82, 2.24) is 0 Å². The van der Waals surface area contributed by atoms with Crippen molar-refractivity contribution in [3.8, 4) is 5.75 Å². The van der Waals surface area contributed by atoms with Crippen molar-refractivity contribution in [3.63, 3.8) is 0 Å². The monoisotopic (exact) mass is 374 g/mol. The van der Waals surface area contributed by atoms with E-state index >= 15 is 0 Å². The largest absolute Gasteiger partial charge is 0.482 e. The van der Waals surface area contributed by atoms with Crippen LogP contribution in [0, 0.1) is 0 Å². The average molecular weight is 375 g/mol. The van der Waals surface area contributed by atoms with Crippen molar-refractivity contribution < 1.29 is 19.1 Å². The van der Waals surface area contributed by atoms with Gasteiger partial charge in [0.25, 0.3) is 0 Å². The number of carbonyl (C=O) groups excluding carboxylic acids is 2. The zero-order valence-electron chi connectivity index (χ0n) is 12.5. The number of halogens is 1. The second kappa shape index (κ2) is 8.29. The first kappa shape index (κ1) is 17.0. The minimum atomic E-state index is -0.456. The smallest absolute Gasteiger partial charge is 0.343 e. The van der Waals surface area contributed by atoms with E-state index in [4.69, 9.17) is 4.74 Å². The highest BCUT2D eigenvalue weighted by molar-refractivity contribution is 9.10. The molecule has 118 valence electrons. The molecule has 0 aliphatic carbocycles. The van der Waals surface area contributed by atoms with E-state index in [-0.39, 0.29) is 12.4 Å².